The van der Waals surface area contributed by atoms with Crippen LogP contribution in [0.2, 0.25) is 0 Å². The zero-order valence-corrected chi connectivity index (χ0v) is 11.7. The summed E-state index contributed by atoms with van der Waals surface area (Å²) in [4.78, 5) is 0. The van der Waals surface area contributed by atoms with Gasteiger partial charge in [-0.15, -0.1) is 0 Å². The van der Waals surface area contributed by atoms with Crippen molar-refractivity contribution in [3.8, 4) is 5.75 Å². The lowest BCUT2D eigenvalue weighted by molar-refractivity contribution is 0.104. The smallest absolute Gasteiger partial charge is 0.119 e. The van der Waals surface area contributed by atoms with Gasteiger partial charge in [0.1, 0.15) is 18.4 Å². The van der Waals surface area contributed by atoms with Crippen molar-refractivity contribution in [3.05, 3.63) is 29.8 Å². The SMILES string of the molecule is [2H]C([2H])([2H])C([2H])(NC([2H])([2H])C([2H])(O)C([2H])([2H])Oc1ccc(CCOCC2([2H])C([2H])([2H])C2([2H])[2H])cc1)C([2H])([2H])[2H]. The van der Waals surface area contributed by atoms with E-state index < -0.39 is 64.1 Å². The molecule has 0 aromatic heterocycles. The normalized spacial score (nSPS) is 37.8. The summed E-state index contributed by atoms with van der Waals surface area (Å²) in [6.07, 6.45) is -8.44. The maximum absolute atomic E-state index is 10.5. The van der Waals surface area contributed by atoms with Crippen LogP contribution in [0.15, 0.2) is 24.3 Å². The van der Waals surface area contributed by atoms with Crippen molar-refractivity contribution in [2.45, 2.75) is 45.0 Å². The van der Waals surface area contributed by atoms with Crippen molar-refractivity contribution in [1.82, 2.24) is 5.32 Å². The Morgan fingerprint density at radius 2 is 2.27 bits per heavy atom. The van der Waals surface area contributed by atoms with Crippen molar-refractivity contribution >= 4 is 0 Å². The Balaban J connectivity index is 2.07. The molecule has 1 fully saturated rings. The quantitative estimate of drug-likeness (QED) is 0.614. The molecule has 1 saturated carbocycles. The van der Waals surface area contributed by atoms with Gasteiger partial charge in [0, 0.05) is 38.3 Å². The Morgan fingerprint density at radius 3 is 2.95 bits per heavy atom. The first-order valence-corrected chi connectivity index (χ1v) is 6.49. The summed E-state index contributed by atoms with van der Waals surface area (Å²) >= 11 is 0. The molecule has 1 aliphatic rings. The zero-order valence-electron chi connectivity index (χ0n) is 28.7. The molecule has 2 N–H and O–H groups in total. The number of hydrogen-bond donors (Lipinski definition) is 2. The minimum Gasteiger partial charge on any atom is -0.491 e. The first kappa shape index (κ1) is 5.47. The average molecular weight is 325 g/mol. The number of rotatable bonds is 11. The van der Waals surface area contributed by atoms with Crippen LogP contribution in [0, 0.1) is 5.89 Å². The zero-order chi connectivity index (χ0) is 30.7. The molecule has 2 rings (SSSR count). The third kappa shape index (κ3) is 7.25. The van der Waals surface area contributed by atoms with Gasteiger partial charge in [-0.3, -0.25) is 0 Å². The van der Waals surface area contributed by atoms with Crippen LogP contribution in [-0.2, 0) is 11.2 Å². The highest BCUT2D eigenvalue weighted by atomic mass is 16.5. The average Bonchev–Trinajstić information content (AvgIpc) is 3.05. The third-order valence-corrected chi connectivity index (χ3v) is 2.58. The van der Waals surface area contributed by atoms with Gasteiger partial charge >= 0.3 is 0 Å². The number of ether oxygens (including phenoxy) is 2. The fraction of sp³-hybridized carbons (Fsp3) is 0.667. The summed E-state index contributed by atoms with van der Waals surface area (Å²) in [6.45, 7) is -15.3. The number of benzene rings is 1. The van der Waals surface area contributed by atoms with Crippen molar-refractivity contribution in [2.75, 3.05) is 26.3 Å². The molecule has 1 aromatic rings. The fourth-order valence-electron chi connectivity index (χ4n) is 1.46. The van der Waals surface area contributed by atoms with Gasteiger partial charge in [0.25, 0.3) is 0 Å². The summed E-state index contributed by atoms with van der Waals surface area (Å²) in [6, 6.07) is 1.49. The molecule has 1 atom stereocenters. The summed E-state index contributed by atoms with van der Waals surface area (Å²) < 4.78 is 140. The van der Waals surface area contributed by atoms with Gasteiger partial charge in [-0.05, 0) is 42.8 Å². The predicted octanol–water partition coefficient (Wildman–Crippen LogP) is 2.39. The first-order chi connectivity index (χ1) is 17.1. The molecule has 0 heterocycles. The predicted molar refractivity (Wildman–Crippen MR) is 88.3 cm³/mol. The molecule has 1 aromatic carbocycles. The highest BCUT2D eigenvalue weighted by molar-refractivity contribution is 5.27. The Labute approximate surface area is 157 Å². The molecule has 0 radical (unpaired) electrons. The second-order valence-corrected chi connectivity index (χ2v) is 4.35. The van der Waals surface area contributed by atoms with E-state index in [1.807, 2.05) is 0 Å². The number of nitrogens with one attached hydrogen (secondary N) is 1. The molecule has 0 saturated heterocycles. The monoisotopic (exact) mass is 324 g/mol. The van der Waals surface area contributed by atoms with Gasteiger partial charge in [0.05, 0.1) is 10.7 Å². The largest absolute Gasteiger partial charge is 0.491 e. The van der Waals surface area contributed by atoms with Crippen LogP contribution < -0.4 is 10.1 Å². The molecule has 1 unspecified atom stereocenters. The highest BCUT2D eigenvalue weighted by Gasteiger charge is 2.20. The van der Waals surface area contributed by atoms with Gasteiger partial charge in [-0.1, -0.05) is 25.8 Å². The van der Waals surface area contributed by atoms with Crippen molar-refractivity contribution in [3.63, 3.8) is 0 Å². The van der Waals surface area contributed by atoms with Crippen molar-refractivity contribution in [2.24, 2.45) is 5.89 Å². The summed E-state index contributed by atoms with van der Waals surface area (Å²) in [7, 11) is 0. The lowest BCUT2D eigenvalue weighted by atomic mass is 10.1. The fourth-order valence-corrected chi connectivity index (χ4v) is 1.46. The summed E-state index contributed by atoms with van der Waals surface area (Å²) in [5.74, 6) is -2.33. The number of hydrogen-bond acceptors (Lipinski definition) is 4. The lowest BCUT2D eigenvalue weighted by Gasteiger charge is -2.15. The Bertz CT molecular complexity index is 991. The topological polar surface area (TPSA) is 50.7 Å². The minimum absolute atomic E-state index is 0.00593. The van der Waals surface area contributed by atoms with E-state index >= 15 is 0 Å². The molecule has 0 spiro atoms. The first-order valence-electron chi connectivity index (χ1n) is 15.0. The maximum Gasteiger partial charge on any atom is 0.119 e. The van der Waals surface area contributed by atoms with Crippen LogP contribution in [0.4, 0.5) is 0 Å². The van der Waals surface area contributed by atoms with E-state index in [0.29, 0.717) is 5.56 Å². The van der Waals surface area contributed by atoms with E-state index in [0.717, 1.165) is 0 Å². The van der Waals surface area contributed by atoms with Gasteiger partial charge in [0.2, 0.25) is 0 Å². The molecular weight excluding hydrogens is 278 g/mol. The van der Waals surface area contributed by atoms with E-state index in [9.17, 15) is 5.11 Å². The van der Waals surface area contributed by atoms with Crippen molar-refractivity contribution in [1.29, 1.82) is 0 Å². The molecule has 1 aliphatic carbocycles. The van der Waals surface area contributed by atoms with Crippen LogP contribution >= 0.6 is 0 Å². The molecule has 22 heavy (non-hydrogen) atoms. The van der Waals surface area contributed by atoms with Crippen LogP contribution in [0.5, 0.6) is 5.75 Å². The van der Waals surface area contributed by atoms with E-state index in [4.69, 9.17) is 32.8 Å². The number of aliphatic hydroxyl groups is 1. The Kier molecular flexibility index (Phi) is 2.27. The van der Waals surface area contributed by atoms with Gasteiger partial charge < -0.3 is 19.9 Å². The van der Waals surface area contributed by atoms with Crippen LogP contribution in [0.25, 0.3) is 0 Å². The van der Waals surface area contributed by atoms with Crippen LogP contribution in [-0.4, -0.2) is 43.5 Å². The maximum atomic E-state index is 10.5. The van der Waals surface area contributed by atoms with E-state index in [2.05, 4.69) is 0 Å². The molecule has 0 aliphatic heterocycles. The molecule has 124 valence electrons. The second-order valence-electron chi connectivity index (χ2n) is 4.35. The van der Waals surface area contributed by atoms with Crippen molar-refractivity contribution < 1.29 is 37.9 Å². The van der Waals surface area contributed by atoms with E-state index in [-0.39, 0.29) is 18.8 Å². The molecule has 0 amide bonds. The molecule has 4 nitrogen and oxygen atoms in total. The van der Waals surface area contributed by atoms with Crippen LogP contribution in [0.1, 0.15) is 55.3 Å². The van der Waals surface area contributed by atoms with Gasteiger partial charge in [-0.25, -0.2) is 0 Å². The van der Waals surface area contributed by atoms with Crippen LogP contribution in [0.3, 0.4) is 0 Å². The molecule has 0 bridgehead atoms. The minimum atomic E-state index is -3.97. The summed E-state index contributed by atoms with van der Waals surface area (Å²) in [5.41, 5.74) is 0.580. The Morgan fingerprint density at radius 1 is 1.50 bits per heavy atom. The molecule has 4 heteroatoms. The standard InChI is InChI=1S/C18H29NO3/c1-14(2)19-11-17(20)13-22-18-7-5-15(6-8-18)9-10-21-12-16-3-4-16/h5-8,14,16-17,19-20H,3-4,9-13H2,1-2H3/i1D3,2D3,3D2,4D2,11D2,13D2,14D,16D,17D. The van der Waals surface area contributed by atoms with E-state index in [1.165, 1.54) is 29.6 Å². The van der Waals surface area contributed by atoms with E-state index in [1.54, 1.807) is 0 Å². The Hall–Kier alpha value is -1.10. The lowest BCUT2D eigenvalue weighted by Crippen LogP contribution is -2.35. The molecular formula is C18H29NO3. The summed E-state index contributed by atoms with van der Waals surface area (Å²) in [5, 5.41) is 11.7. The second kappa shape index (κ2) is 9.13. The van der Waals surface area contributed by atoms with Gasteiger partial charge in [-0.2, -0.15) is 0 Å². The third-order valence-electron chi connectivity index (χ3n) is 2.58. The highest BCUT2D eigenvalue weighted by Crippen LogP contribution is 2.28. The van der Waals surface area contributed by atoms with Gasteiger partial charge in [0.15, 0.2) is 0 Å².